The fraction of sp³-hybridized carbons (Fsp3) is 0.250. The lowest BCUT2D eigenvalue weighted by Gasteiger charge is -2.22. The zero-order valence-electron chi connectivity index (χ0n) is 15.9. The Balaban J connectivity index is 2.08. The molecule has 0 spiro atoms. The smallest absolute Gasteiger partial charge is 0.326 e. The van der Waals surface area contributed by atoms with Gasteiger partial charge in [-0.2, -0.15) is 18.4 Å². The average Bonchev–Trinajstić information content (AvgIpc) is 2.69. The van der Waals surface area contributed by atoms with Crippen molar-refractivity contribution in [3.05, 3.63) is 60.2 Å². The molecule has 2 aromatic carbocycles. The molecule has 10 heteroatoms. The zero-order chi connectivity index (χ0) is 22.1. The van der Waals surface area contributed by atoms with Crippen LogP contribution in [0, 0.1) is 11.5 Å². The van der Waals surface area contributed by atoms with Crippen LogP contribution in [-0.4, -0.2) is 34.9 Å². The van der Waals surface area contributed by atoms with Gasteiger partial charge >= 0.3 is 11.5 Å². The van der Waals surface area contributed by atoms with E-state index in [9.17, 15) is 22.8 Å². The van der Waals surface area contributed by atoms with Gasteiger partial charge in [0.25, 0.3) is 5.91 Å². The van der Waals surface area contributed by atoms with Gasteiger partial charge in [0.15, 0.2) is 6.19 Å². The van der Waals surface area contributed by atoms with Crippen molar-refractivity contribution in [1.29, 1.82) is 5.26 Å². The van der Waals surface area contributed by atoms with Crippen LogP contribution in [-0.2, 0) is 11.2 Å². The lowest BCUT2D eigenvalue weighted by Crippen LogP contribution is -2.49. The number of hydrogen-bond donors (Lipinski definition) is 2. The molecule has 0 aliphatic heterocycles. The number of carbonyl (C=O) groups is 2. The lowest BCUT2D eigenvalue weighted by atomic mass is 10.0. The molecule has 2 rings (SSSR count). The van der Waals surface area contributed by atoms with Crippen LogP contribution in [0.25, 0.3) is 0 Å². The maximum absolute atomic E-state index is 12.6. The number of amides is 3. The van der Waals surface area contributed by atoms with Crippen molar-refractivity contribution in [2.24, 2.45) is 0 Å². The molecule has 2 N–H and O–H groups in total. The minimum absolute atomic E-state index is 0.0156. The number of thioether (sulfide) groups is 1. The number of likely N-dealkylation sites (N-methyl/N-ethyl adjacent to an activating group) is 1. The molecule has 0 aliphatic rings. The molecule has 1 unspecified atom stereocenters. The molecule has 158 valence electrons. The van der Waals surface area contributed by atoms with Gasteiger partial charge in [-0.25, -0.2) is 9.69 Å². The number of anilines is 1. The van der Waals surface area contributed by atoms with Crippen LogP contribution in [0.2, 0.25) is 0 Å². The molecule has 0 bridgehead atoms. The Morgan fingerprint density at radius 2 is 1.77 bits per heavy atom. The first-order valence-corrected chi connectivity index (χ1v) is 9.72. The van der Waals surface area contributed by atoms with Crippen molar-refractivity contribution >= 4 is 29.4 Å². The molecule has 0 fully saturated rings. The fourth-order valence-corrected chi connectivity index (χ4v) is 3.12. The van der Waals surface area contributed by atoms with E-state index >= 15 is 0 Å². The van der Waals surface area contributed by atoms with E-state index in [0.717, 1.165) is 10.5 Å². The molecule has 0 saturated heterocycles. The van der Waals surface area contributed by atoms with Crippen LogP contribution >= 0.6 is 11.8 Å². The number of hydrogen-bond acceptors (Lipinski definition) is 4. The zero-order valence-corrected chi connectivity index (χ0v) is 16.8. The summed E-state index contributed by atoms with van der Waals surface area (Å²) in [5.41, 5.74) is -3.35. The molecule has 0 radical (unpaired) electrons. The van der Waals surface area contributed by atoms with Gasteiger partial charge in [0.1, 0.15) is 6.04 Å². The normalized spacial score (nSPS) is 11.8. The van der Waals surface area contributed by atoms with E-state index in [1.807, 2.05) is 6.07 Å². The minimum Gasteiger partial charge on any atom is -0.326 e. The molecule has 2 aromatic rings. The van der Waals surface area contributed by atoms with Crippen LogP contribution in [0.3, 0.4) is 0 Å². The quantitative estimate of drug-likeness (QED) is 0.384. The summed E-state index contributed by atoms with van der Waals surface area (Å²) in [5, 5.41) is 14.2. The molecule has 0 heterocycles. The fourth-order valence-electron chi connectivity index (χ4n) is 2.58. The number of nitrogens with zero attached hydrogens (tertiary/aromatic N) is 2. The summed E-state index contributed by atoms with van der Waals surface area (Å²) in [6.45, 7) is 1.80. The Kier molecular flexibility index (Phi) is 8.12. The summed E-state index contributed by atoms with van der Waals surface area (Å²) in [4.78, 5) is 25.9. The predicted molar refractivity (Wildman–Crippen MR) is 107 cm³/mol. The van der Waals surface area contributed by atoms with Gasteiger partial charge in [-0.15, -0.1) is 0 Å². The third kappa shape index (κ3) is 7.33. The van der Waals surface area contributed by atoms with Crippen molar-refractivity contribution in [3.63, 3.8) is 0 Å². The average molecular weight is 436 g/mol. The first kappa shape index (κ1) is 23.1. The molecular weight excluding hydrogens is 417 g/mol. The highest BCUT2D eigenvalue weighted by atomic mass is 32.2. The standard InChI is InChI=1S/C20H19F3N4O2S/c1-2-27(13-24)18(28)17(12-14-6-4-3-5-7-14)26-19(29)25-15-8-10-16(11-9-15)30-20(21,22)23/h3-11,17H,2,12H2,1H3,(H2,25,26,29). The maximum atomic E-state index is 12.6. The number of nitrogens with one attached hydrogen (secondary N) is 2. The molecule has 0 aromatic heterocycles. The number of alkyl halides is 3. The molecule has 3 amide bonds. The number of rotatable bonds is 7. The highest BCUT2D eigenvalue weighted by molar-refractivity contribution is 8.00. The molecule has 1 atom stereocenters. The summed E-state index contributed by atoms with van der Waals surface area (Å²) >= 11 is -0.257. The number of halogens is 3. The number of nitriles is 1. The monoisotopic (exact) mass is 436 g/mol. The van der Waals surface area contributed by atoms with Crippen molar-refractivity contribution in [3.8, 4) is 6.19 Å². The second kappa shape index (κ2) is 10.5. The highest BCUT2D eigenvalue weighted by Gasteiger charge is 2.29. The van der Waals surface area contributed by atoms with Gasteiger partial charge < -0.3 is 10.6 Å². The van der Waals surface area contributed by atoms with Crippen LogP contribution in [0.4, 0.5) is 23.7 Å². The first-order chi connectivity index (χ1) is 14.2. The van der Waals surface area contributed by atoms with Crippen molar-refractivity contribution in [1.82, 2.24) is 10.2 Å². The first-order valence-electron chi connectivity index (χ1n) is 8.90. The minimum atomic E-state index is -4.40. The van der Waals surface area contributed by atoms with Crippen molar-refractivity contribution in [2.45, 2.75) is 29.8 Å². The molecular formula is C20H19F3N4O2S. The summed E-state index contributed by atoms with van der Waals surface area (Å²) < 4.78 is 37.2. The number of urea groups is 1. The van der Waals surface area contributed by atoms with Crippen LogP contribution in [0.15, 0.2) is 59.5 Å². The Labute approximate surface area is 176 Å². The van der Waals surface area contributed by atoms with Crippen molar-refractivity contribution < 1.29 is 22.8 Å². The van der Waals surface area contributed by atoms with Crippen LogP contribution in [0.1, 0.15) is 12.5 Å². The molecule has 6 nitrogen and oxygen atoms in total. The van der Waals surface area contributed by atoms with Crippen LogP contribution < -0.4 is 10.6 Å². The third-order valence-electron chi connectivity index (χ3n) is 3.93. The van der Waals surface area contributed by atoms with Gasteiger partial charge in [-0.1, -0.05) is 30.3 Å². The largest absolute Gasteiger partial charge is 0.446 e. The Morgan fingerprint density at radius 1 is 1.13 bits per heavy atom. The van der Waals surface area contributed by atoms with Crippen molar-refractivity contribution in [2.75, 3.05) is 11.9 Å². The van der Waals surface area contributed by atoms with E-state index in [4.69, 9.17) is 5.26 Å². The third-order valence-corrected chi connectivity index (χ3v) is 4.67. The Bertz CT molecular complexity index is 899. The SMILES string of the molecule is CCN(C#N)C(=O)C(Cc1ccccc1)NC(=O)Nc1ccc(SC(F)(F)F)cc1. The van der Waals surface area contributed by atoms with Gasteiger partial charge in [0.05, 0.1) is 0 Å². The van der Waals surface area contributed by atoms with Gasteiger partial charge in [0.2, 0.25) is 0 Å². The van der Waals surface area contributed by atoms with E-state index in [-0.39, 0.29) is 35.3 Å². The van der Waals surface area contributed by atoms with Crippen LogP contribution in [0.5, 0.6) is 0 Å². The summed E-state index contributed by atoms with van der Waals surface area (Å²) in [7, 11) is 0. The van der Waals surface area contributed by atoms with E-state index < -0.39 is 23.5 Å². The highest BCUT2D eigenvalue weighted by Crippen LogP contribution is 2.37. The second-order valence-corrected chi connectivity index (χ2v) is 7.23. The Morgan fingerprint density at radius 3 is 2.30 bits per heavy atom. The second-order valence-electron chi connectivity index (χ2n) is 6.10. The summed E-state index contributed by atoms with van der Waals surface area (Å²) in [5.74, 6) is -0.559. The van der Waals surface area contributed by atoms with E-state index in [2.05, 4.69) is 10.6 Å². The summed E-state index contributed by atoms with van der Waals surface area (Å²) in [6, 6.07) is 12.4. The molecule has 0 aliphatic carbocycles. The maximum Gasteiger partial charge on any atom is 0.446 e. The van der Waals surface area contributed by atoms with E-state index in [1.165, 1.54) is 24.3 Å². The molecule has 0 saturated carbocycles. The number of benzene rings is 2. The van der Waals surface area contributed by atoms with E-state index in [0.29, 0.717) is 0 Å². The van der Waals surface area contributed by atoms with Gasteiger partial charge in [-0.05, 0) is 48.5 Å². The summed E-state index contributed by atoms with van der Waals surface area (Å²) in [6.07, 6.45) is 1.96. The lowest BCUT2D eigenvalue weighted by molar-refractivity contribution is -0.129. The molecule has 30 heavy (non-hydrogen) atoms. The topological polar surface area (TPSA) is 85.2 Å². The van der Waals surface area contributed by atoms with Gasteiger partial charge in [-0.3, -0.25) is 4.79 Å². The Hall–Kier alpha value is -3.19. The van der Waals surface area contributed by atoms with Gasteiger partial charge in [0, 0.05) is 23.5 Å². The number of carbonyl (C=O) groups excluding carboxylic acids is 2. The van der Waals surface area contributed by atoms with E-state index in [1.54, 1.807) is 37.4 Å². The predicted octanol–water partition coefficient (Wildman–Crippen LogP) is 4.36.